The number of imidazole rings is 1. The van der Waals surface area contributed by atoms with Crippen LogP contribution in [0.3, 0.4) is 0 Å². The molecule has 0 aliphatic rings. The topological polar surface area (TPSA) is 71.3 Å². The third kappa shape index (κ3) is 2.96. The van der Waals surface area contributed by atoms with Crippen molar-refractivity contribution in [2.24, 2.45) is 12.1 Å². The molecule has 20 heavy (non-hydrogen) atoms. The van der Waals surface area contributed by atoms with Crippen LogP contribution >= 0.6 is 0 Å². The maximum Gasteiger partial charge on any atom is 0.335 e. The van der Waals surface area contributed by atoms with E-state index < -0.39 is 0 Å². The molecule has 0 saturated carbocycles. The summed E-state index contributed by atoms with van der Waals surface area (Å²) < 4.78 is 1.96. The van der Waals surface area contributed by atoms with Crippen molar-refractivity contribution in [3.8, 4) is 0 Å². The monoisotopic (exact) mass is 273 g/mol. The first kappa shape index (κ1) is 14.0. The molecule has 0 radical (unpaired) electrons. The molecule has 0 atom stereocenters. The molecule has 1 aromatic carbocycles. The van der Waals surface area contributed by atoms with Crippen LogP contribution in [0, 0.1) is 0 Å². The second-order valence-corrected chi connectivity index (χ2v) is 4.55. The number of rotatable bonds is 4. The number of amides is 2. The van der Waals surface area contributed by atoms with E-state index in [-0.39, 0.29) is 6.03 Å². The zero-order valence-electron chi connectivity index (χ0n) is 12.0. The van der Waals surface area contributed by atoms with E-state index in [4.69, 9.17) is 0 Å². The third-order valence-corrected chi connectivity index (χ3v) is 2.97. The van der Waals surface area contributed by atoms with Crippen LogP contribution in [0.2, 0.25) is 0 Å². The largest absolute Gasteiger partial charge is 0.337 e. The zero-order valence-corrected chi connectivity index (χ0v) is 12.0. The van der Waals surface area contributed by atoms with Crippen LogP contribution in [0.4, 0.5) is 4.79 Å². The van der Waals surface area contributed by atoms with Gasteiger partial charge in [-0.1, -0.05) is 19.1 Å². The molecule has 0 saturated heterocycles. The lowest BCUT2D eigenvalue weighted by Crippen LogP contribution is -2.33. The number of carbonyl (C=O) groups is 1. The SMILES string of the molecule is CCCNC(=O)N/N=C(\C)c1nc2ccccc2n1C. The number of aryl methyl sites for hydroxylation is 1. The van der Waals surface area contributed by atoms with E-state index in [0.29, 0.717) is 12.3 Å². The summed E-state index contributed by atoms with van der Waals surface area (Å²) in [5.74, 6) is 0.738. The van der Waals surface area contributed by atoms with Crippen molar-refractivity contribution in [1.82, 2.24) is 20.3 Å². The Balaban J connectivity index is 2.16. The van der Waals surface area contributed by atoms with Crippen molar-refractivity contribution in [1.29, 1.82) is 0 Å². The van der Waals surface area contributed by atoms with Gasteiger partial charge >= 0.3 is 6.03 Å². The van der Waals surface area contributed by atoms with E-state index in [9.17, 15) is 4.79 Å². The number of fused-ring (bicyclic) bond motifs is 1. The van der Waals surface area contributed by atoms with Gasteiger partial charge in [0.15, 0.2) is 5.82 Å². The number of urea groups is 1. The molecule has 1 heterocycles. The standard InChI is InChI=1S/C14H19N5O/c1-4-9-15-14(20)18-17-10(2)13-16-11-7-5-6-8-12(11)19(13)3/h5-8H,4,9H2,1-3H3,(H2,15,18,20)/b17-10+. The van der Waals surface area contributed by atoms with Gasteiger partial charge in [0, 0.05) is 13.6 Å². The number of hydrogen-bond donors (Lipinski definition) is 2. The minimum absolute atomic E-state index is 0.301. The molecule has 1 aromatic heterocycles. The van der Waals surface area contributed by atoms with Gasteiger partial charge in [0.1, 0.15) is 5.71 Å². The first-order valence-corrected chi connectivity index (χ1v) is 6.63. The molecule has 0 aliphatic carbocycles. The zero-order chi connectivity index (χ0) is 14.5. The summed E-state index contributed by atoms with van der Waals surface area (Å²) in [7, 11) is 1.93. The number of carbonyl (C=O) groups excluding carboxylic acids is 1. The minimum atomic E-state index is -0.301. The molecule has 2 amide bonds. The Kier molecular flexibility index (Phi) is 4.34. The van der Waals surface area contributed by atoms with Gasteiger partial charge < -0.3 is 9.88 Å². The van der Waals surface area contributed by atoms with E-state index in [1.807, 2.05) is 49.7 Å². The molecule has 2 aromatic rings. The smallest absolute Gasteiger partial charge is 0.335 e. The predicted molar refractivity (Wildman–Crippen MR) is 79.8 cm³/mol. The quantitative estimate of drug-likeness (QED) is 0.660. The highest BCUT2D eigenvalue weighted by Gasteiger charge is 2.10. The minimum Gasteiger partial charge on any atom is -0.337 e. The van der Waals surface area contributed by atoms with Crippen LogP contribution in [-0.4, -0.2) is 27.8 Å². The molecule has 2 N–H and O–H groups in total. The average molecular weight is 273 g/mol. The normalized spacial score (nSPS) is 11.7. The van der Waals surface area contributed by atoms with Gasteiger partial charge in [-0.15, -0.1) is 0 Å². The fourth-order valence-corrected chi connectivity index (χ4v) is 1.93. The van der Waals surface area contributed by atoms with Gasteiger partial charge in [-0.05, 0) is 25.5 Å². The Labute approximate surface area is 117 Å². The maximum absolute atomic E-state index is 11.4. The van der Waals surface area contributed by atoms with Gasteiger partial charge in [0.2, 0.25) is 0 Å². The first-order valence-electron chi connectivity index (χ1n) is 6.63. The Morgan fingerprint density at radius 3 is 2.85 bits per heavy atom. The van der Waals surface area contributed by atoms with Crippen LogP contribution in [0.1, 0.15) is 26.1 Å². The Hall–Kier alpha value is -2.37. The van der Waals surface area contributed by atoms with Gasteiger partial charge in [-0.3, -0.25) is 0 Å². The molecule has 6 heteroatoms. The second-order valence-electron chi connectivity index (χ2n) is 4.55. The summed E-state index contributed by atoms with van der Waals surface area (Å²) in [4.78, 5) is 16.0. The van der Waals surface area contributed by atoms with Crippen LogP contribution in [0.25, 0.3) is 11.0 Å². The Morgan fingerprint density at radius 1 is 1.40 bits per heavy atom. The Bertz CT molecular complexity index is 644. The van der Waals surface area contributed by atoms with Gasteiger partial charge in [-0.25, -0.2) is 15.2 Å². The average Bonchev–Trinajstić information content (AvgIpc) is 2.80. The Morgan fingerprint density at radius 2 is 2.15 bits per heavy atom. The van der Waals surface area contributed by atoms with E-state index in [1.165, 1.54) is 0 Å². The molecular formula is C14H19N5O. The molecule has 0 spiro atoms. The lowest BCUT2D eigenvalue weighted by atomic mass is 10.3. The molecule has 0 aliphatic heterocycles. The van der Waals surface area contributed by atoms with Crippen molar-refractivity contribution >= 4 is 22.8 Å². The van der Waals surface area contributed by atoms with Crippen LogP contribution < -0.4 is 10.7 Å². The van der Waals surface area contributed by atoms with Crippen molar-refractivity contribution in [2.45, 2.75) is 20.3 Å². The number of hydrogen-bond acceptors (Lipinski definition) is 3. The summed E-state index contributed by atoms with van der Waals surface area (Å²) in [6, 6.07) is 7.57. The first-order chi connectivity index (χ1) is 9.63. The highest BCUT2D eigenvalue weighted by atomic mass is 16.2. The van der Waals surface area contributed by atoms with Crippen molar-refractivity contribution in [3.05, 3.63) is 30.1 Å². The molecule has 0 fully saturated rings. The number of hydrazone groups is 1. The number of nitrogens with zero attached hydrogens (tertiary/aromatic N) is 3. The van der Waals surface area contributed by atoms with Gasteiger partial charge in [0.25, 0.3) is 0 Å². The fourth-order valence-electron chi connectivity index (χ4n) is 1.93. The molecular weight excluding hydrogens is 254 g/mol. The van der Waals surface area contributed by atoms with Crippen molar-refractivity contribution in [3.63, 3.8) is 0 Å². The fraction of sp³-hybridized carbons (Fsp3) is 0.357. The second kappa shape index (κ2) is 6.18. The number of benzene rings is 1. The summed E-state index contributed by atoms with van der Waals surface area (Å²) >= 11 is 0. The summed E-state index contributed by atoms with van der Waals surface area (Å²) in [5.41, 5.74) is 5.08. The molecule has 106 valence electrons. The number of aromatic nitrogens is 2. The van der Waals surface area contributed by atoms with E-state index in [1.54, 1.807) is 0 Å². The van der Waals surface area contributed by atoms with E-state index >= 15 is 0 Å². The summed E-state index contributed by atoms with van der Waals surface area (Å²) in [5, 5.41) is 6.77. The lowest BCUT2D eigenvalue weighted by Gasteiger charge is -2.04. The van der Waals surface area contributed by atoms with Crippen molar-refractivity contribution < 1.29 is 4.79 Å². The molecule has 6 nitrogen and oxygen atoms in total. The van der Waals surface area contributed by atoms with Crippen molar-refractivity contribution in [2.75, 3.05) is 6.54 Å². The lowest BCUT2D eigenvalue weighted by molar-refractivity contribution is 0.241. The van der Waals surface area contributed by atoms with Crippen LogP contribution in [0.15, 0.2) is 29.4 Å². The summed E-state index contributed by atoms with van der Waals surface area (Å²) in [6.45, 7) is 4.45. The third-order valence-electron chi connectivity index (χ3n) is 2.97. The van der Waals surface area contributed by atoms with Crippen LogP contribution in [-0.2, 0) is 7.05 Å². The summed E-state index contributed by atoms with van der Waals surface area (Å²) in [6.07, 6.45) is 0.890. The molecule has 2 rings (SSSR count). The molecule has 0 bridgehead atoms. The van der Waals surface area contributed by atoms with Gasteiger partial charge in [-0.2, -0.15) is 5.10 Å². The number of nitrogens with one attached hydrogen (secondary N) is 2. The number of para-hydroxylation sites is 2. The molecule has 0 unspecified atom stereocenters. The van der Waals surface area contributed by atoms with E-state index in [2.05, 4.69) is 20.8 Å². The maximum atomic E-state index is 11.4. The van der Waals surface area contributed by atoms with E-state index in [0.717, 1.165) is 23.3 Å². The highest BCUT2D eigenvalue weighted by molar-refractivity contribution is 5.99. The predicted octanol–water partition coefficient (Wildman–Crippen LogP) is 2.01. The van der Waals surface area contributed by atoms with Crippen LogP contribution in [0.5, 0.6) is 0 Å². The van der Waals surface area contributed by atoms with Gasteiger partial charge in [0.05, 0.1) is 11.0 Å². The highest BCUT2D eigenvalue weighted by Crippen LogP contribution is 2.14.